The predicted octanol–water partition coefficient (Wildman–Crippen LogP) is 3.86. The molecule has 1 N–H and O–H groups in total. The molecule has 1 aliphatic rings. The molecule has 22 heavy (non-hydrogen) atoms. The van der Waals surface area contributed by atoms with Crippen molar-refractivity contribution in [3.63, 3.8) is 0 Å². The fraction of sp³-hybridized carbons (Fsp3) is 0.562. The monoisotopic (exact) mass is 372 g/mol. The van der Waals surface area contributed by atoms with Crippen LogP contribution in [0.15, 0.2) is 22.7 Å². The van der Waals surface area contributed by atoms with E-state index in [1.807, 2.05) is 27.7 Å². The highest BCUT2D eigenvalue weighted by Gasteiger charge is 2.34. The van der Waals surface area contributed by atoms with Crippen LogP contribution in [0.1, 0.15) is 39.3 Å². The molecule has 1 fully saturated rings. The SMILES string of the molecule is CC(NC1CN(C(=O)OC(C)(C)C)C1)c1cc(Br)ccc1F. The number of rotatable bonds is 3. The van der Waals surface area contributed by atoms with E-state index in [9.17, 15) is 9.18 Å². The van der Waals surface area contributed by atoms with Crippen LogP contribution in [0.3, 0.4) is 0 Å². The molecule has 0 saturated carbocycles. The van der Waals surface area contributed by atoms with Crippen molar-refractivity contribution >= 4 is 22.0 Å². The van der Waals surface area contributed by atoms with Crippen molar-refractivity contribution < 1.29 is 13.9 Å². The largest absolute Gasteiger partial charge is 0.444 e. The van der Waals surface area contributed by atoms with Crippen LogP contribution in [-0.2, 0) is 4.74 Å². The number of carbonyl (C=O) groups excluding carboxylic acids is 1. The first-order valence-corrected chi connectivity index (χ1v) is 8.14. The van der Waals surface area contributed by atoms with E-state index in [0.29, 0.717) is 18.7 Å². The molecule has 0 aliphatic carbocycles. The molecule has 1 aliphatic heterocycles. The summed E-state index contributed by atoms with van der Waals surface area (Å²) in [6.45, 7) is 8.61. The number of nitrogens with zero attached hydrogens (tertiary/aromatic N) is 1. The quantitative estimate of drug-likeness (QED) is 0.875. The number of nitrogens with one attached hydrogen (secondary N) is 1. The number of benzene rings is 1. The van der Waals surface area contributed by atoms with Gasteiger partial charge in [-0.1, -0.05) is 15.9 Å². The van der Waals surface area contributed by atoms with E-state index >= 15 is 0 Å². The number of carbonyl (C=O) groups is 1. The maximum absolute atomic E-state index is 13.8. The van der Waals surface area contributed by atoms with Gasteiger partial charge in [0.15, 0.2) is 0 Å². The van der Waals surface area contributed by atoms with E-state index in [1.165, 1.54) is 6.07 Å². The number of hydrogen-bond donors (Lipinski definition) is 1. The Hall–Kier alpha value is -1.14. The highest BCUT2D eigenvalue weighted by molar-refractivity contribution is 9.10. The van der Waals surface area contributed by atoms with Gasteiger partial charge in [0.05, 0.1) is 0 Å². The van der Waals surface area contributed by atoms with E-state index in [0.717, 1.165) is 4.47 Å². The van der Waals surface area contributed by atoms with Crippen LogP contribution in [0.4, 0.5) is 9.18 Å². The van der Waals surface area contributed by atoms with Crippen molar-refractivity contribution in [3.8, 4) is 0 Å². The van der Waals surface area contributed by atoms with Crippen LogP contribution in [0, 0.1) is 5.82 Å². The third kappa shape index (κ3) is 4.43. The molecule has 1 unspecified atom stereocenters. The van der Waals surface area contributed by atoms with E-state index in [-0.39, 0.29) is 24.0 Å². The Morgan fingerprint density at radius 2 is 2.09 bits per heavy atom. The van der Waals surface area contributed by atoms with Crippen molar-refractivity contribution in [2.24, 2.45) is 0 Å². The molecule has 1 atom stereocenters. The van der Waals surface area contributed by atoms with Gasteiger partial charge in [-0.2, -0.15) is 0 Å². The van der Waals surface area contributed by atoms with Gasteiger partial charge in [-0.3, -0.25) is 0 Å². The molecule has 2 rings (SSSR count). The van der Waals surface area contributed by atoms with Crippen molar-refractivity contribution in [2.45, 2.75) is 45.4 Å². The van der Waals surface area contributed by atoms with Crippen molar-refractivity contribution in [3.05, 3.63) is 34.1 Å². The van der Waals surface area contributed by atoms with Gasteiger partial charge in [0.1, 0.15) is 11.4 Å². The van der Waals surface area contributed by atoms with Crippen molar-refractivity contribution in [1.29, 1.82) is 0 Å². The van der Waals surface area contributed by atoms with Crippen LogP contribution in [0.2, 0.25) is 0 Å². The third-order valence-electron chi connectivity index (χ3n) is 3.44. The van der Waals surface area contributed by atoms with Gasteiger partial charge in [-0.15, -0.1) is 0 Å². The average Bonchev–Trinajstić information content (AvgIpc) is 2.33. The Kier molecular flexibility index (Phi) is 5.12. The lowest BCUT2D eigenvalue weighted by Gasteiger charge is -2.41. The van der Waals surface area contributed by atoms with Gasteiger partial charge in [-0.25, -0.2) is 9.18 Å². The van der Waals surface area contributed by atoms with Gasteiger partial charge in [0, 0.05) is 35.2 Å². The van der Waals surface area contributed by atoms with E-state index in [1.54, 1.807) is 17.0 Å². The first-order chi connectivity index (χ1) is 10.2. The molecule has 0 radical (unpaired) electrons. The lowest BCUT2D eigenvalue weighted by atomic mass is 10.0. The minimum Gasteiger partial charge on any atom is -0.444 e. The fourth-order valence-electron chi connectivity index (χ4n) is 2.35. The van der Waals surface area contributed by atoms with Crippen LogP contribution >= 0.6 is 15.9 Å². The number of ether oxygens (including phenoxy) is 1. The number of hydrogen-bond acceptors (Lipinski definition) is 3. The Labute approximate surface area is 139 Å². The summed E-state index contributed by atoms with van der Waals surface area (Å²) in [4.78, 5) is 13.5. The molecule has 1 heterocycles. The van der Waals surface area contributed by atoms with Crippen molar-refractivity contribution in [2.75, 3.05) is 13.1 Å². The normalized spacial score (nSPS) is 17.1. The van der Waals surface area contributed by atoms with Crippen LogP contribution in [0.5, 0.6) is 0 Å². The fourth-order valence-corrected chi connectivity index (χ4v) is 2.73. The summed E-state index contributed by atoms with van der Waals surface area (Å²) in [7, 11) is 0. The molecule has 122 valence electrons. The Morgan fingerprint density at radius 3 is 2.68 bits per heavy atom. The summed E-state index contributed by atoms with van der Waals surface area (Å²) >= 11 is 3.35. The minimum absolute atomic E-state index is 0.122. The summed E-state index contributed by atoms with van der Waals surface area (Å²) in [6, 6.07) is 4.94. The van der Waals surface area contributed by atoms with Crippen LogP contribution in [-0.4, -0.2) is 35.7 Å². The van der Waals surface area contributed by atoms with E-state index < -0.39 is 5.60 Å². The molecule has 1 aromatic carbocycles. The molecule has 0 bridgehead atoms. The third-order valence-corrected chi connectivity index (χ3v) is 3.94. The lowest BCUT2D eigenvalue weighted by molar-refractivity contribution is 0.00429. The smallest absolute Gasteiger partial charge is 0.410 e. The molecule has 4 nitrogen and oxygen atoms in total. The predicted molar refractivity (Wildman–Crippen MR) is 87.2 cm³/mol. The van der Waals surface area contributed by atoms with Crippen LogP contribution < -0.4 is 5.32 Å². The Balaban J connectivity index is 1.85. The first-order valence-electron chi connectivity index (χ1n) is 7.34. The van der Waals surface area contributed by atoms with Crippen molar-refractivity contribution in [1.82, 2.24) is 10.2 Å². The number of amides is 1. The molecular formula is C16H22BrFN2O2. The van der Waals surface area contributed by atoms with Gasteiger partial charge in [-0.05, 0) is 45.9 Å². The molecule has 1 saturated heterocycles. The zero-order valence-corrected chi connectivity index (χ0v) is 14.9. The topological polar surface area (TPSA) is 41.6 Å². The molecular weight excluding hydrogens is 351 g/mol. The number of likely N-dealkylation sites (tertiary alicyclic amines) is 1. The zero-order valence-electron chi connectivity index (χ0n) is 13.3. The van der Waals surface area contributed by atoms with Gasteiger partial charge in [0.25, 0.3) is 0 Å². The second-order valence-corrected chi connectivity index (χ2v) is 7.55. The molecule has 0 spiro atoms. The second kappa shape index (κ2) is 6.54. The molecule has 1 aromatic rings. The maximum atomic E-state index is 13.8. The van der Waals surface area contributed by atoms with Crippen LogP contribution in [0.25, 0.3) is 0 Å². The van der Waals surface area contributed by atoms with E-state index in [2.05, 4.69) is 21.2 Å². The first kappa shape index (κ1) is 17.2. The summed E-state index contributed by atoms with van der Waals surface area (Å²) in [5.74, 6) is -0.230. The molecule has 1 amide bonds. The van der Waals surface area contributed by atoms with Gasteiger partial charge in [0.2, 0.25) is 0 Å². The Bertz CT molecular complexity index is 554. The second-order valence-electron chi connectivity index (χ2n) is 6.64. The molecule has 6 heteroatoms. The standard InChI is InChI=1S/C16H22BrFN2O2/c1-10(13-7-11(17)5-6-14(13)18)19-12-8-20(9-12)15(21)22-16(2,3)4/h5-7,10,12,19H,8-9H2,1-4H3. The zero-order chi connectivity index (χ0) is 16.5. The Morgan fingerprint density at radius 1 is 1.45 bits per heavy atom. The number of halogens is 2. The summed E-state index contributed by atoms with van der Waals surface area (Å²) in [5, 5.41) is 3.34. The molecule has 0 aromatic heterocycles. The van der Waals surface area contributed by atoms with E-state index in [4.69, 9.17) is 4.74 Å². The summed E-state index contributed by atoms with van der Waals surface area (Å²) in [6.07, 6.45) is -0.299. The summed E-state index contributed by atoms with van der Waals surface area (Å²) < 4.78 is 20.0. The lowest BCUT2D eigenvalue weighted by Crippen LogP contribution is -2.60. The average molecular weight is 373 g/mol. The highest BCUT2D eigenvalue weighted by atomic mass is 79.9. The minimum atomic E-state index is -0.484. The highest BCUT2D eigenvalue weighted by Crippen LogP contribution is 2.23. The maximum Gasteiger partial charge on any atom is 0.410 e. The van der Waals surface area contributed by atoms with Gasteiger partial charge < -0.3 is 15.0 Å². The summed E-state index contributed by atoms with van der Waals surface area (Å²) in [5.41, 5.74) is 0.132. The van der Waals surface area contributed by atoms with Gasteiger partial charge >= 0.3 is 6.09 Å².